The first kappa shape index (κ1) is 27.5. The van der Waals surface area contributed by atoms with E-state index in [9.17, 15) is 14.3 Å². The van der Waals surface area contributed by atoms with Gasteiger partial charge in [-0.05, 0) is 67.4 Å². The fourth-order valence-electron chi connectivity index (χ4n) is 3.54. The Balaban J connectivity index is 1.67. The summed E-state index contributed by atoms with van der Waals surface area (Å²) in [5, 5.41) is 11.4. The molecule has 0 aliphatic carbocycles. The Morgan fingerprint density at radius 2 is 1.74 bits per heavy atom. The number of esters is 1. The third kappa shape index (κ3) is 6.65. The second-order valence-electron chi connectivity index (χ2n) is 7.98. The van der Waals surface area contributed by atoms with Gasteiger partial charge in [0.25, 0.3) is 0 Å². The second-order valence-corrected chi connectivity index (χ2v) is 9.86. The molecule has 9 heteroatoms. The summed E-state index contributed by atoms with van der Waals surface area (Å²) in [6.07, 6.45) is 1.74. The van der Waals surface area contributed by atoms with Crippen molar-refractivity contribution >= 4 is 50.5 Å². The molecule has 0 radical (unpaired) electrons. The summed E-state index contributed by atoms with van der Waals surface area (Å²) in [5.74, 6) is -0.157. The SMILES string of the molecule is CCOC(=O)C1=C(O)/C(=C/c2cc(OCC)c(OCc3ccc(F)cc3)cc2Br)SC1=Nc1ccccc1. The number of para-hydroxylation sites is 1. The molecule has 1 N–H and O–H groups in total. The highest BCUT2D eigenvalue weighted by atomic mass is 79.9. The molecule has 0 unspecified atom stereocenters. The number of aliphatic hydroxyl groups is 1. The molecule has 0 spiro atoms. The van der Waals surface area contributed by atoms with Crippen LogP contribution in [0.2, 0.25) is 0 Å². The van der Waals surface area contributed by atoms with Crippen LogP contribution in [0.1, 0.15) is 25.0 Å². The molecule has 0 saturated carbocycles. The van der Waals surface area contributed by atoms with Gasteiger partial charge in [0.2, 0.25) is 0 Å². The van der Waals surface area contributed by atoms with Gasteiger partial charge in [0.1, 0.15) is 28.8 Å². The standard InChI is InChI=1S/C29H25BrFNO5S/c1-3-35-23-14-19(22(30)16-24(23)37-17-18-10-12-20(31)13-11-18)15-25-27(33)26(29(34)36-4-2)28(38-25)32-21-8-6-5-7-9-21/h5-16,33H,3-4,17H2,1-2H3/b25-15-,32-28?. The van der Waals surface area contributed by atoms with Crippen molar-refractivity contribution < 1.29 is 28.5 Å². The molecule has 1 aliphatic heterocycles. The van der Waals surface area contributed by atoms with E-state index < -0.39 is 5.97 Å². The minimum absolute atomic E-state index is 0.0207. The van der Waals surface area contributed by atoms with Crippen LogP contribution in [0.3, 0.4) is 0 Å². The minimum atomic E-state index is -0.644. The van der Waals surface area contributed by atoms with Gasteiger partial charge >= 0.3 is 5.97 Å². The fourth-order valence-corrected chi connectivity index (χ4v) is 5.00. The number of aliphatic hydroxyl groups excluding tert-OH is 1. The van der Waals surface area contributed by atoms with Crippen molar-refractivity contribution in [1.29, 1.82) is 0 Å². The molecule has 1 aliphatic rings. The number of rotatable bonds is 9. The Morgan fingerprint density at radius 1 is 1.03 bits per heavy atom. The molecule has 38 heavy (non-hydrogen) atoms. The zero-order valence-electron chi connectivity index (χ0n) is 20.7. The Labute approximate surface area is 233 Å². The van der Waals surface area contributed by atoms with Gasteiger partial charge in [0.05, 0.1) is 23.8 Å². The summed E-state index contributed by atoms with van der Waals surface area (Å²) < 4.78 is 30.8. The summed E-state index contributed by atoms with van der Waals surface area (Å²) in [4.78, 5) is 17.7. The fraction of sp³-hybridized carbons (Fsp3) is 0.172. The smallest absolute Gasteiger partial charge is 0.344 e. The van der Waals surface area contributed by atoms with E-state index in [0.29, 0.717) is 43.8 Å². The normalized spacial score (nSPS) is 15.3. The quantitative estimate of drug-likeness (QED) is 0.254. The number of hydrogen-bond acceptors (Lipinski definition) is 7. The molecule has 3 aromatic rings. The van der Waals surface area contributed by atoms with E-state index in [-0.39, 0.29) is 30.4 Å². The molecular formula is C29H25BrFNO5S. The van der Waals surface area contributed by atoms with Crippen LogP contribution in [-0.2, 0) is 16.1 Å². The summed E-state index contributed by atoms with van der Waals surface area (Å²) >= 11 is 4.75. The van der Waals surface area contributed by atoms with Crippen molar-refractivity contribution in [3.8, 4) is 11.5 Å². The lowest BCUT2D eigenvalue weighted by molar-refractivity contribution is -0.138. The van der Waals surface area contributed by atoms with E-state index in [1.54, 1.807) is 37.3 Å². The van der Waals surface area contributed by atoms with E-state index in [4.69, 9.17) is 14.2 Å². The molecule has 1 heterocycles. The van der Waals surface area contributed by atoms with E-state index >= 15 is 0 Å². The van der Waals surface area contributed by atoms with E-state index in [1.165, 1.54) is 23.9 Å². The molecule has 196 valence electrons. The number of hydrogen-bond donors (Lipinski definition) is 1. The predicted molar refractivity (Wildman–Crippen MR) is 151 cm³/mol. The van der Waals surface area contributed by atoms with Gasteiger partial charge in [0, 0.05) is 4.47 Å². The third-order valence-corrected chi connectivity index (χ3v) is 7.02. The number of thioether (sulfide) groups is 1. The van der Waals surface area contributed by atoms with Crippen molar-refractivity contribution in [2.24, 2.45) is 4.99 Å². The Morgan fingerprint density at radius 3 is 2.42 bits per heavy atom. The Hall–Kier alpha value is -3.56. The number of ether oxygens (including phenoxy) is 3. The monoisotopic (exact) mass is 597 g/mol. The van der Waals surface area contributed by atoms with E-state index in [0.717, 1.165) is 5.56 Å². The van der Waals surface area contributed by atoms with Crippen molar-refractivity contribution in [2.45, 2.75) is 20.5 Å². The predicted octanol–water partition coefficient (Wildman–Crippen LogP) is 7.76. The summed E-state index contributed by atoms with van der Waals surface area (Å²) in [6.45, 7) is 4.37. The average molecular weight is 598 g/mol. The molecule has 0 fully saturated rings. The van der Waals surface area contributed by atoms with Gasteiger partial charge in [-0.15, -0.1) is 0 Å². The Kier molecular flexibility index (Phi) is 9.25. The first-order chi connectivity index (χ1) is 18.4. The van der Waals surface area contributed by atoms with Gasteiger partial charge in [-0.3, -0.25) is 0 Å². The van der Waals surface area contributed by atoms with Crippen LogP contribution in [0, 0.1) is 5.82 Å². The number of aliphatic imine (C=N–C) groups is 1. The van der Waals surface area contributed by atoms with Gasteiger partial charge in [0.15, 0.2) is 11.5 Å². The maximum atomic E-state index is 13.2. The van der Waals surface area contributed by atoms with Crippen LogP contribution >= 0.6 is 27.7 Å². The van der Waals surface area contributed by atoms with Crippen LogP contribution in [0.25, 0.3) is 6.08 Å². The maximum Gasteiger partial charge on any atom is 0.344 e. The number of halogens is 2. The molecular weight excluding hydrogens is 573 g/mol. The molecule has 6 nitrogen and oxygen atoms in total. The zero-order valence-corrected chi connectivity index (χ0v) is 23.1. The molecule has 4 rings (SSSR count). The van der Waals surface area contributed by atoms with Crippen LogP contribution in [0.15, 0.2) is 92.4 Å². The molecule has 0 saturated heterocycles. The van der Waals surface area contributed by atoms with Gasteiger partial charge in [-0.25, -0.2) is 14.2 Å². The minimum Gasteiger partial charge on any atom is -0.506 e. The molecule has 0 amide bonds. The van der Waals surface area contributed by atoms with Crippen LogP contribution in [0.5, 0.6) is 11.5 Å². The van der Waals surface area contributed by atoms with Gasteiger partial charge in [-0.1, -0.05) is 58.0 Å². The molecule has 0 bridgehead atoms. The Bertz CT molecular complexity index is 1400. The van der Waals surface area contributed by atoms with Crippen LogP contribution in [-0.4, -0.2) is 29.3 Å². The first-order valence-corrected chi connectivity index (χ1v) is 13.5. The number of carbonyl (C=O) groups is 1. The molecule has 0 atom stereocenters. The summed E-state index contributed by atoms with van der Waals surface area (Å²) in [6, 6.07) is 18.8. The van der Waals surface area contributed by atoms with Crippen LogP contribution in [0.4, 0.5) is 10.1 Å². The summed E-state index contributed by atoms with van der Waals surface area (Å²) in [5.41, 5.74) is 2.17. The topological polar surface area (TPSA) is 77.4 Å². The van der Waals surface area contributed by atoms with Gasteiger partial charge in [-0.2, -0.15) is 0 Å². The van der Waals surface area contributed by atoms with E-state index in [2.05, 4.69) is 20.9 Å². The van der Waals surface area contributed by atoms with Crippen LogP contribution < -0.4 is 9.47 Å². The van der Waals surface area contributed by atoms with Crippen molar-refractivity contribution in [2.75, 3.05) is 13.2 Å². The van der Waals surface area contributed by atoms with Gasteiger partial charge < -0.3 is 19.3 Å². The lowest BCUT2D eigenvalue weighted by Gasteiger charge is -2.14. The number of benzene rings is 3. The molecule has 0 aromatic heterocycles. The highest BCUT2D eigenvalue weighted by molar-refractivity contribution is 9.10. The number of carbonyl (C=O) groups excluding carboxylic acids is 1. The lowest BCUT2D eigenvalue weighted by Crippen LogP contribution is -2.12. The second kappa shape index (κ2) is 12.8. The average Bonchev–Trinajstić information content (AvgIpc) is 3.21. The highest BCUT2D eigenvalue weighted by Crippen LogP contribution is 2.42. The summed E-state index contributed by atoms with van der Waals surface area (Å²) in [7, 11) is 0. The first-order valence-electron chi connectivity index (χ1n) is 11.9. The highest BCUT2D eigenvalue weighted by Gasteiger charge is 2.33. The van der Waals surface area contributed by atoms with Crippen molar-refractivity contribution in [3.05, 3.63) is 104 Å². The lowest BCUT2D eigenvalue weighted by atomic mass is 10.1. The number of nitrogens with zero attached hydrogens (tertiary/aromatic N) is 1. The van der Waals surface area contributed by atoms with E-state index in [1.807, 2.05) is 37.3 Å². The molecule has 3 aromatic carbocycles. The third-order valence-electron chi connectivity index (χ3n) is 5.31. The van der Waals surface area contributed by atoms with Crippen molar-refractivity contribution in [3.63, 3.8) is 0 Å². The van der Waals surface area contributed by atoms with Crippen molar-refractivity contribution in [1.82, 2.24) is 0 Å². The largest absolute Gasteiger partial charge is 0.506 e. The maximum absolute atomic E-state index is 13.2. The zero-order chi connectivity index (χ0) is 27.1.